The van der Waals surface area contributed by atoms with E-state index in [1.54, 1.807) is 0 Å². The van der Waals surface area contributed by atoms with Gasteiger partial charge >= 0.3 is 0 Å². The molecular formula is C6H13O2. The molecule has 0 aromatic heterocycles. The van der Waals surface area contributed by atoms with Gasteiger partial charge in [0.2, 0.25) is 0 Å². The van der Waals surface area contributed by atoms with Crippen molar-refractivity contribution in [3.8, 4) is 0 Å². The van der Waals surface area contributed by atoms with E-state index < -0.39 is 0 Å². The van der Waals surface area contributed by atoms with Crippen LogP contribution in [0.1, 0.15) is 19.8 Å². The van der Waals surface area contributed by atoms with Gasteiger partial charge in [-0.25, -0.2) is 0 Å². The van der Waals surface area contributed by atoms with Gasteiger partial charge in [0.1, 0.15) is 6.61 Å². The Morgan fingerprint density at radius 3 is 2.88 bits per heavy atom. The summed E-state index contributed by atoms with van der Waals surface area (Å²) < 4.78 is 4.85. The van der Waals surface area contributed by atoms with Crippen molar-refractivity contribution in [2.24, 2.45) is 0 Å². The van der Waals surface area contributed by atoms with Gasteiger partial charge in [0.15, 0.2) is 0 Å². The van der Waals surface area contributed by atoms with E-state index in [9.17, 15) is 0 Å². The fourth-order valence-corrected chi connectivity index (χ4v) is 0.364. The second kappa shape index (κ2) is 6.92. The number of aliphatic hydroxyl groups excluding tert-OH is 1. The Kier molecular flexibility index (Phi) is 6.85. The standard InChI is InChI=1S/C6H13O2/c1-2-3-5-8-6-4-7/h6-7H,2-5H2,1H3. The number of hydrogen-bond acceptors (Lipinski definition) is 2. The highest BCUT2D eigenvalue weighted by atomic mass is 16.5. The molecule has 8 heavy (non-hydrogen) atoms. The minimum atomic E-state index is 0.0176. The van der Waals surface area contributed by atoms with Crippen molar-refractivity contribution in [2.75, 3.05) is 13.2 Å². The van der Waals surface area contributed by atoms with Crippen LogP contribution in [0.4, 0.5) is 0 Å². The highest BCUT2D eigenvalue weighted by molar-refractivity contribution is 4.43. The van der Waals surface area contributed by atoms with E-state index in [1.165, 1.54) is 6.61 Å². The molecule has 0 aromatic carbocycles. The minimum Gasteiger partial charge on any atom is -0.394 e. The molecule has 0 unspecified atom stereocenters. The fourth-order valence-electron chi connectivity index (χ4n) is 0.364. The van der Waals surface area contributed by atoms with Crippen molar-refractivity contribution in [3.63, 3.8) is 0 Å². The summed E-state index contributed by atoms with van der Waals surface area (Å²) in [6.07, 6.45) is 2.20. The van der Waals surface area contributed by atoms with Gasteiger partial charge in [0.05, 0.1) is 6.61 Å². The zero-order chi connectivity index (χ0) is 6.24. The molecule has 0 amide bonds. The van der Waals surface area contributed by atoms with E-state index in [0.29, 0.717) is 0 Å². The highest BCUT2D eigenvalue weighted by Gasteiger charge is 1.83. The number of unbranched alkanes of at least 4 members (excludes halogenated alkanes) is 1. The first-order chi connectivity index (χ1) is 3.91. The fraction of sp³-hybridized carbons (Fsp3) is 0.833. The summed E-state index contributed by atoms with van der Waals surface area (Å²) in [4.78, 5) is 0. The Morgan fingerprint density at radius 1 is 1.62 bits per heavy atom. The molecule has 2 heteroatoms. The molecule has 0 fully saturated rings. The van der Waals surface area contributed by atoms with Gasteiger partial charge in [-0.05, 0) is 6.42 Å². The molecule has 0 saturated heterocycles. The predicted molar refractivity (Wildman–Crippen MR) is 32.2 cm³/mol. The summed E-state index contributed by atoms with van der Waals surface area (Å²) >= 11 is 0. The second-order valence-electron chi connectivity index (χ2n) is 1.57. The number of hydrogen-bond donors (Lipinski definition) is 1. The third kappa shape index (κ3) is 5.92. The van der Waals surface area contributed by atoms with Crippen LogP contribution < -0.4 is 0 Å². The van der Waals surface area contributed by atoms with E-state index >= 15 is 0 Å². The van der Waals surface area contributed by atoms with Crippen molar-refractivity contribution in [1.82, 2.24) is 0 Å². The Balaban J connectivity index is 2.53. The van der Waals surface area contributed by atoms with Gasteiger partial charge in [-0.2, -0.15) is 0 Å². The van der Waals surface area contributed by atoms with Crippen molar-refractivity contribution in [1.29, 1.82) is 0 Å². The maximum absolute atomic E-state index is 8.19. The average molecular weight is 117 g/mol. The molecule has 0 rings (SSSR count). The van der Waals surface area contributed by atoms with Gasteiger partial charge in [-0.1, -0.05) is 13.3 Å². The molecule has 0 aliphatic rings. The lowest BCUT2D eigenvalue weighted by Crippen LogP contribution is -1.93. The van der Waals surface area contributed by atoms with Crippen LogP contribution in [0.3, 0.4) is 0 Å². The molecule has 0 aliphatic carbocycles. The lowest BCUT2D eigenvalue weighted by molar-refractivity contribution is 0.148. The molecule has 0 heterocycles. The SMILES string of the molecule is CCCCO[CH]CO. The molecule has 2 nitrogen and oxygen atoms in total. The second-order valence-corrected chi connectivity index (χ2v) is 1.57. The van der Waals surface area contributed by atoms with Crippen molar-refractivity contribution in [2.45, 2.75) is 19.8 Å². The lowest BCUT2D eigenvalue weighted by atomic mass is 10.4. The average Bonchev–Trinajstić information content (AvgIpc) is 1.81. The first-order valence-electron chi connectivity index (χ1n) is 2.96. The van der Waals surface area contributed by atoms with E-state index in [4.69, 9.17) is 9.84 Å². The van der Waals surface area contributed by atoms with Crippen LogP contribution >= 0.6 is 0 Å². The molecule has 0 bridgehead atoms. The van der Waals surface area contributed by atoms with Gasteiger partial charge in [-0.3, -0.25) is 0 Å². The molecule has 1 radical (unpaired) electrons. The quantitative estimate of drug-likeness (QED) is 0.543. The molecule has 1 N–H and O–H groups in total. The van der Waals surface area contributed by atoms with Crippen LogP contribution in [0.25, 0.3) is 0 Å². The predicted octanol–water partition coefficient (Wildman–Crippen LogP) is 0.957. The summed E-state index contributed by atoms with van der Waals surface area (Å²) in [7, 11) is 0. The smallest absolute Gasteiger partial charge is 0.109 e. The summed E-state index contributed by atoms with van der Waals surface area (Å²) in [6.45, 7) is 4.26. The maximum Gasteiger partial charge on any atom is 0.109 e. The third-order valence-electron chi connectivity index (χ3n) is 0.808. The maximum atomic E-state index is 8.19. The molecule has 0 aliphatic heterocycles. The van der Waals surface area contributed by atoms with Crippen LogP contribution in [0, 0.1) is 6.61 Å². The summed E-state index contributed by atoms with van der Waals surface area (Å²) in [5.41, 5.74) is 0. The Hall–Kier alpha value is -0.0800. The van der Waals surface area contributed by atoms with Gasteiger partial charge < -0.3 is 9.84 Å². The summed E-state index contributed by atoms with van der Waals surface area (Å²) in [5.74, 6) is 0. The Labute approximate surface area is 50.5 Å². The van der Waals surface area contributed by atoms with Gasteiger partial charge in [0.25, 0.3) is 0 Å². The van der Waals surface area contributed by atoms with Crippen molar-refractivity contribution < 1.29 is 9.84 Å². The molecule has 49 valence electrons. The van der Waals surface area contributed by atoms with Gasteiger partial charge in [0, 0.05) is 6.61 Å². The van der Waals surface area contributed by atoms with Crippen LogP contribution in [-0.2, 0) is 4.74 Å². The monoisotopic (exact) mass is 117 g/mol. The van der Waals surface area contributed by atoms with E-state index in [-0.39, 0.29) is 6.61 Å². The lowest BCUT2D eigenvalue weighted by Gasteiger charge is -1.96. The van der Waals surface area contributed by atoms with Crippen molar-refractivity contribution >= 4 is 0 Å². The largest absolute Gasteiger partial charge is 0.394 e. The van der Waals surface area contributed by atoms with Gasteiger partial charge in [-0.15, -0.1) is 0 Å². The highest BCUT2D eigenvalue weighted by Crippen LogP contribution is 1.88. The van der Waals surface area contributed by atoms with E-state index in [1.807, 2.05) is 0 Å². The van der Waals surface area contributed by atoms with Crippen LogP contribution in [0.5, 0.6) is 0 Å². The van der Waals surface area contributed by atoms with Crippen LogP contribution in [-0.4, -0.2) is 18.3 Å². The zero-order valence-electron chi connectivity index (χ0n) is 5.26. The molecule has 0 saturated carbocycles. The Morgan fingerprint density at radius 2 is 2.38 bits per heavy atom. The first kappa shape index (κ1) is 7.92. The topological polar surface area (TPSA) is 29.5 Å². The third-order valence-corrected chi connectivity index (χ3v) is 0.808. The molecule has 0 spiro atoms. The van der Waals surface area contributed by atoms with E-state index in [0.717, 1.165) is 19.4 Å². The van der Waals surface area contributed by atoms with E-state index in [2.05, 4.69) is 6.92 Å². The summed E-state index contributed by atoms with van der Waals surface area (Å²) in [5, 5.41) is 8.19. The number of ether oxygens (including phenoxy) is 1. The van der Waals surface area contributed by atoms with Crippen LogP contribution in [0.15, 0.2) is 0 Å². The first-order valence-corrected chi connectivity index (χ1v) is 2.96. The van der Waals surface area contributed by atoms with Crippen molar-refractivity contribution in [3.05, 3.63) is 6.61 Å². The minimum absolute atomic E-state index is 0.0176. The normalized spacial score (nSPS) is 9.75. The number of rotatable bonds is 5. The molecule has 0 atom stereocenters. The molecular weight excluding hydrogens is 104 g/mol. The zero-order valence-corrected chi connectivity index (χ0v) is 5.26. The molecule has 0 aromatic rings. The summed E-state index contributed by atoms with van der Waals surface area (Å²) in [6, 6.07) is 0. The number of aliphatic hydroxyl groups is 1. The van der Waals surface area contributed by atoms with Crippen LogP contribution in [0.2, 0.25) is 0 Å². The Bertz CT molecular complexity index is 31.5.